The molecule has 0 fully saturated rings. The van der Waals surface area contributed by atoms with Gasteiger partial charge in [0, 0.05) is 5.38 Å². The zero-order chi connectivity index (χ0) is 17.4. The number of hydrogen-bond acceptors (Lipinski definition) is 6. The molecule has 1 aromatic heterocycles. The first kappa shape index (κ1) is 17.7. The topological polar surface area (TPSA) is 89.5 Å². The Labute approximate surface area is 144 Å². The molecule has 2 amide bonds. The number of benzene rings is 1. The van der Waals surface area contributed by atoms with Crippen LogP contribution in [0.4, 0.5) is 0 Å². The summed E-state index contributed by atoms with van der Waals surface area (Å²) in [6.07, 6.45) is 0. The van der Waals surface area contributed by atoms with Crippen molar-refractivity contribution in [1.82, 2.24) is 15.6 Å². The van der Waals surface area contributed by atoms with E-state index in [-0.39, 0.29) is 18.4 Å². The molecule has 0 spiro atoms. The number of rotatable bonds is 8. The summed E-state index contributed by atoms with van der Waals surface area (Å²) in [5, 5.41) is 7.15. The smallest absolute Gasteiger partial charge is 0.258 e. The molecule has 7 nitrogen and oxygen atoms in total. The van der Waals surface area contributed by atoms with Crippen LogP contribution in [0, 0.1) is 0 Å². The van der Waals surface area contributed by atoms with E-state index in [0.29, 0.717) is 18.0 Å². The number of ether oxygens (including phenoxy) is 2. The van der Waals surface area contributed by atoms with E-state index in [1.165, 1.54) is 11.3 Å². The highest BCUT2D eigenvalue weighted by atomic mass is 32.1. The zero-order valence-electron chi connectivity index (χ0n) is 13.4. The van der Waals surface area contributed by atoms with E-state index in [1.807, 2.05) is 5.38 Å². The minimum atomic E-state index is -0.657. The van der Waals surface area contributed by atoms with Crippen LogP contribution in [0.25, 0.3) is 0 Å². The Morgan fingerprint density at radius 1 is 1.25 bits per heavy atom. The molecule has 0 saturated heterocycles. The highest BCUT2D eigenvalue weighted by molar-refractivity contribution is 7.07. The van der Waals surface area contributed by atoms with Crippen molar-refractivity contribution in [2.45, 2.75) is 19.5 Å². The van der Waals surface area contributed by atoms with Gasteiger partial charge in [-0.3, -0.25) is 9.59 Å². The second-order valence-corrected chi connectivity index (χ2v) is 5.67. The average molecular weight is 349 g/mol. The Kier molecular flexibility index (Phi) is 6.56. The van der Waals surface area contributed by atoms with Crippen LogP contribution in [0.15, 0.2) is 35.2 Å². The number of carbonyl (C=O) groups excluding carboxylic acids is 2. The van der Waals surface area contributed by atoms with Gasteiger partial charge in [-0.2, -0.15) is 0 Å². The molecule has 0 unspecified atom stereocenters. The van der Waals surface area contributed by atoms with Crippen molar-refractivity contribution in [3.63, 3.8) is 0 Å². The summed E-state index contributed by atoms with van der Waals surface area (Å²) in [7, 11) is 1.57. The summed E-state index contributed by atoms with van der Waals surface area (Å²) in [6, 6.07) is 6.23. The summed E-state index contributed by atoms with van der Waals surface area (Å²) in [4.78, 5) is 27.8. The van der Waals surface area contributed by atoms with E-state index in [0.717, 1.165) is 5.69 Å². The third-order valence-corrected chi connectivity index (χ3v) is 3.76. The number of amides is 2. The lowest BCUT2D eigenvalue weighted by atomic mass is 10.3. The Morgan fingerprint density at radius 3 is 2.58 bits per heavy atom. The predicted molar refractivity (Wildman–Crippen MR) is 90.1 cm³/mol. The van der Waals surface area contributed by atoms with E-state index in [1.54, 1.807) is 43.8 Å². The van der Waals surface area contributed by atoms with Crippen LogP contribution in [-0.2, 0) is 16.1 Å². The van der Waals surface area contributed by atoms with Gasteiger partial charge in [-0.1, -0.05) is 0 Å². The van der Waals surface area contributed by atoms with E-state index in [9.17, 15) is 9.59 Å². The van der Waals surface area contributed by atoms with Crippen LogP contribution in [0.1, 0.15) is 12.6 Å². The van der Waals surface area contributed by atoms with E-state index >= 15 is 0 Å². The average Bonchev–Trinajstić information content (AvgIpc) is 3.11. The largest absolute Gasteiger partial charge is 0.497 e. The maximum Gasteiger partial charge on any atom is 0.258 e. The van der Waals surface area contributed by atoms with Crippen molar-refractivity contribution in [3.8, 4) is 11.5 Å². The normalized spacial score (nSPS) is 11.4. The van der Waals surface area contributed by atoms with E-state index in [2.05, 4.69) is 15.6 Å². The van der Waals surface area contributed by atoms with Crippen LogP contribution in [-0.4, -0.2) is 36.6 Å². The molecule has 24 heavy (non-hydrogen) atoms. The molecule has 0 aliphatic heterocycles. The fourth-order valence-corrected chi connectivity index (χ4v) is 2.38. The van der Waals surface area contributed by atoms with Crippen molar-refractivity contribution in [1.29, 1.82) is 0 Å². The second kappa shape index (κ2) is 8.88. The molecule has 0 radical (unpaired) electrons. The van der Waals surface area contributed by atoms with Crippen molar-refractivity contribution >= 4 is 23.2 Å². The van der Waals surface area contributed by atoms with Gasteiger partial charge in [0.2, 0.25) is 5.91 Å². The van der Waals surface area contributed by atoms with Gasteiger partial charge in [0.1, 0.15) is 17.5 Å². The van der Waals surface area contributed by atoms with Gasteiger partial charge in [-0.05, 0) is 31.2 Å². The minimum absolute atomic E-state index is 0.171. The minimum Gasteiger partial charge on any atom is -0.497 e. The highest BCUT2D eigenvalue weighted by Gasteiger charge is 2.15. The van der Waals surface area contributed by atoms with E-state index in [4.69, 9.17) is 9.47 Å². The molecule has 2 rings (SSSR count). The number of nitrogens with one attached hydrogen (secondary N) is 2. The van der Waals surface area contributed by atoms with Gasteiger partial charge in [0.05, 0.1) is 24.9 Å². The van der Waals surface area contributed by atoms with Crippen LogP contribution < -0.4 is 20.1 Å². The molecule has 0 aliphatic rings. The number of thiazole rings is 1. The third kappa shape index (κ3) is 5.54. The lowest BCUT2D eigenvalue weighted by molar-refractivity contribution is -0.129. The van der Waals surface area contributed by atoms with Crippen molar-refractivity contribution < 1.29 is 19.1 Å². The van der Waals surface area contributed by atoms with Crippen LogP contribution in [0.5, 0.6) is 11.5 Å². The highest BCUT2D eigenvalue weighted by Crippen LogP contribution is 2.16. The summed E-state index contributed by atoms with van der Waals surface area (Å²) in [5.41, 5.74) is 2.48. The maximum absolute atomic E-state index is 11.9. The molecule has 128 valence electrons. The van der Waals surface area contributed by atoms with Crippen LogP contribution >= 0.6 is 11.3 Å². The molecule has 0 saturated carbocycles. The standard InChI is InChI=1S/C16H19N3O4S/c1-11(16(21)17-7-12-9-24-10-18-12)19-15(20)8-23-14-5-3-13(22-2)4-6-14/h3-6,9-11H,7-8H2,1-2H3,(H,17,21)(H,19,20)/t11-/m1/s1. The fraction of sp³-hybridized carbons (Fsp3) is 0.312. The number of hydrogen-bond donors (Lipinski definition) is 2. The molecule has 2 aromatic rings. The Balaban J connectivity index is 1.71. The predicted octanol–water partition coefficient (Wildman–Crippen LogP) is 1.35. The van der Waals surface area contributed by atoms with E-state index < -0.39 is 6.04 Å². The first-order valence-corrected chi connectivity index (χ1v) is 8.23. The third-order valence-electron chi connectivity index (χ3n) is 3.13. The van der Waals surface area contributed by atoms with Crippen molar-refractivity contribution in [3.05, 3.63) is 40.8 Å². The van der Waals surface area contributed by atoms with Crippen LogP contribution in [0.2, 0.25) is 0 Å². The molecule has 1 atom stereocenters. The molecule has 0 aliphatic carbocycles. The number of nitrogens with zero attached hydrogens (tertiary/aromatic N) is 1. The Bertz CT molecular complexity index is 658. The van der Waals surface area contributed by atoms with Gasteiger partial charge >= 0.3 is 0 Å². The Hall–Kier alpha value is -2.61. The fourth-order valence-electron chi connectivity index (χ4n) is 1.83. The summed E-state index contributed by atoms with van der Waals surface area (Å²) >= 11 is 1.46. The quantitative estimate of drug-likeness (QED) is 0.751. The number of methoxy groups -OCH3 is 1. The van der Waals surface area contributed by atoms with Crippen molar-refractivity contribution in [2.75, 3.05) is 13.7 Å². The molecule has 1 heterocycles. The molecule has 1 aromatic carbocycles. The SMILES string of the molecule is COc1ccc(OCC(=O)N[C@H](C)C(=O)NCc2cscn2)cc1. The zero-order valence-corrected chi connectivity index (χ0v) is 14.3. The van der Waals surface area contributed by atoms with Gasteiger partial charge in [0.15, 0.2) is 6.61 Å². The summed E-state index contributed by atoms with van der Waals surface area (Å²) in [5.74, 6) is 0.603. The molecule has 8 heteroatoms. The molecular weight excluding hydrogens is 330 g/mol. The summed E-state index contributed by atoms with van der Waals surface area (Å²) in [6.45, 7) is 1.78. The molecule has 0 bridgehead atoms. The number of carbonyl (C=O) groups is 2. The van der Waals surface area contributed by atoms with Gasteiger partial charge in [-0.15, -0.1) is 11.3 Å². The lowest BCUT2D eigenvalue weighted by Crippen LogP contribution is -2.46. The first-order chi connectivity index (χ1) is 11.6. The summed E-state index contributed by atoms with van der Waals surface area (Å²) < 4.78 is 10.4. The first-order valence-electron chi connectivity index (χ1n) is 7.29. The molecule has 2 N–H and O–H groups in total. The maximum atomic E-state index is 11.9. The molecular formula is C16H19N3O4S. The second-order valence-electron chi connectivity index (χ2n) is 4.95. The number of aromatic nitrogens is 1. The van der Waals surface area contributed by atoms with Crippen molar-refractivity contribution in [2.24, 2.45) is 0 Å². The Morgan fingerprint density at radius 2 is 1.96 bits per heavy atom. The monoisotopic (exact) mass is 349 g/mol. The van der Waals surface area contributed by atoms with Gasteiger partial charge in [0.25, 0.3) is 5.91 Å². The van der Waals surface area contributed by atoms with Crippen LogP contribution in [0.3, 0.4) is 0 Å². The van der Waals surface area contributed by atoms with Gasteiger partial charge < -0.3 is 20.1 Å². The lowest BCUT2D eigenvalue weighted by Gasteiger charge is -2.14. The van der Waals surface area contributed by atoms with Gasteiger partial charge in [-0.25, -0.2) is 4.98 Å².